The van der Waals surface area contributed by atoms with Gasteiger partial charge in [0.25, 0.3) is 0 Å². The van der Waals surface area contributed by atoms with Gasteiger partial charge in [0.1, 0.15) is 0 Å². The van der Waals surface area contributed by atoms with Crippen molar-refractivity contribution in [1.82, 2.24) is 5.43 Å². The monoisotopic (exact) mass is 193 g/mol. The molecule has 0 amide bonds. The van der Waals surface area contributed by atoms with Crippen molar-refractivity contribution in [2.75, 3.05) is 0 Å². The lowest BCUT2D eigenvalue weighted by atomic mass is 9.97. The lowest BCUT2D eigenvalue weighted by molar-refractivity contribution is 0.370. The van der Waals surface area contributed by atoms with Gasteiger partial charge in [-0.25, -0.2) is 0 Å². The number of hydrazone groups is 1. The van der Waals surface area contributed by atoms with E-state index in [2.05, 4.69) is 23.5 Å². The Morgan fingerprint density at radius 3 is 2.86 bits per heavy atom. The average Bonchev–Trinajstić information content (AvgIpc) is 2.70. The minimum atomic E-state index is 0.269. The Bertz CT molecular complexity index is 211. The van der Waals surface area contributed by atoms with Crippen LogP contribution >= 0.6 is 0 Å². The maximum Gasteiger partial charge on any atom is 0.0644 e. The summed E-state index contributed by atoms with van der Waals surface area (Å²) in [6, 6.07) is 2.50. The summed E-state index contributed by atoms with van der Waals surface area (Å²) < 4.78 is 0. The van der Waals surface area contributed by atoms with E-state index in [4.69, 9.17) is 5.26 Å². The van der Waals surface area contributed by atoms with Crippen molar-refractivity contribution in [3.8, 4) is 6.07 Å². The highest BCUT2D eigenvalue weighted by Gasteiger charge is 2.24. The van der Waals surface area contributed by atoms with Crippen LogP contribution in [0.1, 0.15) is 45.4 Å². The van der Waals surface area contributed by atoms with E-state index in [1.165, 1.54) is 25.7 Å². The molecule has 1 aliphatic rings. The second-order valence-corrected chi connectivity index (χ2v) is 3.86. The van der Waals surface area contributed by atoms with Gasteiger partial charge in [-0.2, -0.15) is 10.4 Å². The molecule has 3 heteroatoms. The molecule has 0 saturated heterocycles. The lowest BCUT2D eigenvalue weighted by Gasteiger charge is -2.19. The zero-order valence-corrected chi connectivity index (χ0v) is 8.87. The molecule has 1 saturated carbocycles. The summed E-state index contributed by atoms with van der Waals surface area (Å²) >= 11 is 0. The molecule has 0 heterocycles. The molecule has 0 aromatic heterocycles. The maximum absolute atomic E-state index is 8.71. The molecular weight excluding hydrogens is 174 g/mol. The largest absolute Gasteiger partial charge is 0.306 e. The third-order valence-electron chi connectivity index (χ3n) is 2.79. The zero-order chi connectivity index (χ0) is 10.2. The van der Waals surface area contributed by atoms with Crippen LogP contribution in [0, 0.1) is 17.2 Å². The van der Waals surface area contributed by atoms with E-state index in [0.717, 1.165) is 6.42 Å². The van der Waals surface area contributed by atoms with Crippen LogP contribution < -0.4 is 5.43 Å². The molecule has 0 unspecified atom stereocenters. The summed E-state index contributed by atoms with van der Waals surface area (Å²) in [6.07, 6.45) is 8.50. The molecule has 1 fully saturated rings. The van der Waals surface area contributed by atoms with Crippen molar-refractivity contribution in [3.05, 3.63) is 0 Å². The predicted octanol–water partition coefficient (Wildman–Crippen LogP) is 2.44. The molecular formula is C11H19N3. The molecule has 78 valence electrons. The fourth-order valence-corrected chi connectivity index (χ4v) is 2.02. The van der Waals surface area contributed by atoms with Gasteiger partial charge in [-0.05, 0) is 25.2 Å². The van der Waals surface area contributed by atoms with Crippen molar-refractivity contribution in [2.45, 2.75) is 51.5 Å². The molecule has 1 N–H and O–H groups in total. The van der Waals surface area contributed by atoms with E-state index in [1.54, 1.807) is 0 Å². The average molecular weight is 193 g/mol. The van der Waals surface area contributed by atoms with Crippen molar-refractivity contribution in [3.63, 3.8) is 0 Å². The molecule has 0 aromatic rings. The van der Waals surface area contributed by atoms with Gasteiger partial charge in [-0.15, -0.1) is 0 Å². The number of nitriles is 1. The van der Waals surface area contributed by atoms with Crippen molar-refractivity contribution < 1.29 is 0 Å². The quantitative estimate of drug-likeness (QED) is 0.538. The van der Waals surface area contributed by atoms with Gasteiger partial charge in [0.15, 0.2) is 0 Å². The first kappa shape index (κ1) is 11.0. The van der Waals surface area contributed by atoms with Gasteiger partial charge in [0, 0.05) is 6.21 Å². The van der Waals surface area contributed by atoms with Crippen LogP contribution in [0.3, 0.4) is 0 Å². The molecule has 1 aliphatic carbocycles. The Morgan fingerprint density at radius 1 is 1.57 bits per heavy atom. The van der Waals surface area contributed by atoms with Gasteiger partial charge >= 0.3 is 0 Å². The second kappa shape index (κ2) is 6.42. The summed E-state index contributed by atoms with van der Waals surface area (Å²) in [4.78, 5) is 0. The summed E-state index contributed by atoms with van der Waals surface area (Å²) in [6.45, 7) is 2.06. The van der Waals surface area contributed by atoms with Crippen molar-refractivity contribution >= 4 is 6.21 Å². The van der Waals surface area contributed by atoms with Gasteiger partial charge in [0.2, 0.25) is 0 Å². The highest BCUT2D eigenvalue weighted by atomic mass is 15.3. The Balaban J connectivity index is 2.37. The number of hydrogen-bond donors (Lipinski definition) is 1. The molecule has 14 heavy (non-hydrogen) atoms. The Morgan fingerprint density at radius 2 is 2.29 bits per heavy atom. The fraction of sp³-hybridized carbons (Fsp3) is 0.818. The van der Waals surface area contributed by atoms with Crippen LogP contribution in [-0.2, 0) is 0 Å². The first-order chi connectivity index (χ1) is 6.88. The van der Waals surface area contributed by atoms with Crippen LogP contribution in [0.15, 0.2) is 5.10 Å². The summed E-state index contributed by atoms with van der Waals surface area (Å²) in [5.74, 6) is 0.656. The molecule has 0 aromatic carbocycles. The van der Waals surface area contributed by atoms with E-state index < -0.39 is 0 Å². The zero-order valence-electron chi connectivity index (χ0n) is 8.87. The van der Waals surface area contributed by atoms with Crippen molar-refractivity contribution in [1.29, 1.82) is 5.26 Å². The minimum absolute atomic E-state index is 0.269. The SMILES string of the molecule is CC/C=N\N[C@H](CC#N)C1CCCC1. The van der Waals surface area contributed by atoms with Crippen LogP contribution in [0.5, 0.6) is 0 Å². The molecule has 0 radical (unpaired) electrons. The molecule has 0 aliphatic heterocycles. The van der Waals surface area contributed by atoms with Gasteiger partial charge < -0.3 is 5.43 Å². The highest BCUT2D eigenvalue weighted by Crippen LogP contribution is 2.28. The number of rotatable bonds is 5. The van der Waals surface area contributed by atoms with E-state index in [-0.39, 0.29) is 6.04 Å². The summed E-state index contributed by atoms with van der Waals surface area (Å²) in [5, 5.41) is 12.8. The first-order valence-corrected chi connectivity index (χ1v) is 5.52. The smallest absolute Gasteiger partial charge is 0.0644 e. The maximum atomic E-state index is 8.71. The lowest BCUT2D eigenvalue weighted by Crippen LogP contribution is -2.31. The van der Waals surface area contributed by atoms with E-state index >= 15 is 0 Å². The fourth-order valence-electron chi connectivity index (χ4n) is 2.02. The number of nitrogens with one attached hydrogen (secondary N) is 1. The van der Waals surface area contributed by atoms with Crippen molar-refractivity contribution in [2.24, 2.45) is 11.0 Å². The van der Waals surface area contributed by atoms with Gasteiger partial charge in [-0.1, -0.05) is 19.8 Å². The third kappa shape index (κ3) is 3.37. The third-order valence-corrected chi connectivity index (χ3v) is 2.79. The predicted molar refractivity (Wildman–Crippen MR) is 57.9 cm³/mol. The van der Waals surface area contributed by atoms with Crippen LogP contribution in [0.2, 0.25) is 0 Å². The van der Waals surface area contributed by atoms with Crippen LogP contribution in [0.4, 0.5) is 0 Å². The van der Waals surface area contributed by atoms with Crippen LogP contribution in [-0.4, -0.2) is 12.3 Å². The van der Waals surface area contributed by atoms with Crippen LogP contribution in [0.25, 0.3) is 0 Å². The molecule has 0 bridgehead atoms. The van der Waals surface area contributed by atoms with E-state index in [1.807, 2.05) is 6.21 Å². The Hall–Kier alpha value is -1.04. The molecule has 1 atom stereocenters. The summed E-state index contributed by atoms with van der Waals surface area (Å²) in [5.41, 5.74) is 3.11. The standard InChI is InChI=1S/C11H19N3/c1-2-9-13-14-11(7-8-12)10-5-3-4-6-10/h9-11,14H,2-7H2,1H3/b13-9-/t11-/m1/s1. The molecule has 1 rings (SSSR count). The Kier molecular flexibility index (Phi) is 5.06. The number of nitrogens with zero attached hydrogens (tertiary/aromatic N) is 2. The van der Waals surface area contributed by atoms with Gasteiger partial charge in [0.05, 0.1) is 18.5 Å². The van der Waals surface area contributed by atoms with E-state index in [9.17, 15) is 0 Å². The minimum Gasteiger partial charge on any atom is -0.306 e. The number of hydrogen-bond acceptors (Lipinski definition) is 3. The van der Waals surface area contributed by atoms with E-state index in [0.29, 0.717) is 12.3 Å². The first-order valence-electron chi connectivity index (χ1n) is 5.52. The summed E-state index contributed by atoms with van der Waals surface area (Å²) in [7, 11) is 0. The molecule has 0 spiro atoms. The second-order valence-electron chi connectivity index (χ2n) is 3.86. The highest BCUT2D eigenvalue weighted by molar-refractivity contribution is 5.56. The Labute approximate surface area is 86.2 Å². The molecule has 3 nitrogen and oxygen atoms in total. The normalized spacial score (nSPS) is 19.7. The van der Waals surface area contributed by atoms with Gasteiger partial charge in [-0.3, -0.25) is 0 Å². The topological polar surface area (TPSA) is 48.2 Å².